The average molecular weight is 275 g/mol. The largest absolute Gasteiger partial charge is 0.388 e. The summed E-state index contributed by atoms with van der Waals surface area (Å²) in [5.74, 6) is -1.39. The van der Waals surface area contributed by atoms with Gasteiger partial charge in [-0.2, -0.15) is 0 Å². The fourth-order valence-corrected chi connectivity index (χ4v) is 3.53. The number of hydrogen-bond acceptors (Lipinski definition) is 4. The zero-order valence-corrected chi connectivity index (χ0v) is 14.1. The third kappa shape index (κ3) is 3.14. The van der Waals surface area contributed by atoms with E-state index < -0.39 is 19.9 Å². The van der Waals surface area contributed by atoms with Crippen LogP contribution >= 0.6 is 0 Å². The third-order valence-electron chi connectivity index (χ3n) is 3.94. The van der Waals surface area contributed by atoms with Crippen molar-refractivity contribution in [1.82, 2.24) is 0 Å². The standard InChI is InChI=1S/C13H29NO3Si/c1-11(2,3)18(7,8)17-13(6)10(9-14)15-12(4,5)16-13/h10H,9,14H2,1-8H3. The monoisotopic (exact) mass is 275 g/mol. The van der Waals surface area contributed by atoms with Gasteiger partial charge in [0.15, 0.2) is 19.9 Å². The summed E-state index contributed by atoms with van der Waals surface area (Å²) in [6.45, 7) is 17.2. The summed E-state index contributed by atoms with van der Waals surface area (Å²) < 4.78 is 18.2. The van der Waals surface area contributed by atoms with Crippen LogP contribution in [0.1, 0.15) is 41.5 Å². The molecule has 108 valence electrons. The van der Waals surface area contributed by atoms with E-state index in [2.05, 4.69) is 33.9 Å². The van der Waals surface area contributed by atoms with E-state index in [1.54, 1.807) is 0 Å². The van der Waals surface area contributed by atoms with Crippen LogP contribution in [0, 0.1) is 0 Å². The molecule has 0 spiro atoms. The van der Waals surface area contributed by atoms with Crippen molar-refractivity contribution in [2.24, 2.45) is 5.73 Å². The molecule has 1 rings (SSSR count). The Hall–Kier alpha value is 0.0569. The number of ether oxygens (including phenoxy) is 2. The fourth-order valence-electron chi connectivity index (χ4n) is 2.04. The highest BCUT2D eigenvalue weighted by Crippen LogP contribution is 2.44. The Balaban J connectivity index is 2.94. The predicted molar refractivity (Wildman–Crippen MR) is 75.8 cm³/mol. The summed E-state index contributed by atoms with van der Waals surface area (Å²) in [5.41, 5.74) is 5.79. The van der Waals surface area contributed by atoms with Gasteiger partial charge in [-0.15, -0.1) is 0 Å². The van der Waals surface area contributed by atoms with E-state index in [-0.39, 0.29) is 11.1 Å². The molecule has 0 amide bonds. The van der Waals surface area contributed by atoms with Crippen molar-refractivity contribution in [1.29, 1.82) is 0 Å². The third-order valence-corrected chi connectivity index (χ3v) is 8.47. The molecule has 2 N–H and O–H groups in total. The van der Waals surface area contributed by atoms with Crippen molar-refractivity contribution in [2.75, 3.05) is 6.54 Å². The maximum Gasteiger partial charge on any atom is 0.195 e. The SMILES string of the molecule is CC1(C)OC(CN)C(C)(O[Si](C)(C)C(C)(C)C)O1. The molecular weight excluding hydrogens is 246 g/mol. The number of nitrogens with two attached hydrogens (primary N) is 1. The van der Waals surface area contributed by atoms with Gasteiger partial charge < -0.3 is 19.6 Å². The Morgan fingerprint density at radius 2 is 1.72 bits per heavy atom. The molecule has 0 saturated carbocycles. The Morgan fingerprint density at radius 3 is 2.11 bits per heavy atom. The molecule has 2 atom stereocenters. The minimum absolute atomic E-state index is 0.130. The molecule has 1 aliphatic heterocycles. The lowest BCUT2D eigenvalue weighted by atomic mass is 10.2. The van der Waals surface area contributed by atoms with Crippen molar-refractivity contribution in [2.45, 2.75) is 77.4 Å². The van der Waals surface area contributed by atoms with Crippen molar-refractivity contribution in [3.8, 4) is 0 Å². The van der Waals surface area contributed by atoms with E-state index in [9.17, 15) is 0 Å². The van der Waals surface area contributed by atoms with Crippen LogP contribution in [0.4, 0.5) is 0 Å². The molecule has 1 saturated heterocycles. The van der Waals surface area contributed by atoms with Crippen LogP contribution in [0.15, 0.2) is 0 Å². The van der Waals surface area contributed by atoms with E-state index in [4.69, 9.17) is 19.6 Å². The Kier molecular flexibility index (Phi) is 4.08. The zero-order chi connectivity index (χ0) is 14.4. The molecular formula is C13H29NO3Si. The summed E-state index contributed by atoms with van der Waals surface area (Å²) in [7, 11) is -1.92. The van der Waals surface area contributed by atoms with Crippen LogP contribution in [-0.2, 0) is 13.9 Å². The first-order valence-corrected chi connectivity index (χ1v) is 9.52. The molecule has 0 aliphatic carbocycles. The summed E-state index contributed by atoms with van der Waals surface area (Å²) >= 11 is 0. The molecule has 0 aromatic rings. The lowest BCUT2D eigenvalue weighted by molar-refractivity contribution is -0.214. The normalized spacial score (nSPS) is 32.8. The Labute approximate surface area is 112 Å². The smallest absolute Gasteiger partial charge is 0.195 e. The molecule has 0 aromatic carbocycles. The highest BCUT2D eigenvalue weighted by molar-refractivity contribution is 6.74. The van der Waals surface area contributed by atoms with Gasteiger partial charge in [0.1, 0.15) is 6.10 Å². The van der Waals surface area contributed by atoms with Crippen molar-refractivity contribution in [3.05, 3.63) is 0 Å². The van der Waals surface area contributed by atoms with E-state index in [1.807, 2.05) is 20.8 Å². The molecule has 4 nitrogen and oxygen atoms in total. The number of hydrogen-bond donors (Lipinski definition) is 1. The molecule has 5 heteroatoms. The van der Waals surface area contributed by atoms with Crippen LogP contribution in [0.25, 0.3) is 0 Å². The van der Waals surface area contributed by atoms with Gasteiger partial charge in [0.05, 0.1) is 0 Å². The minimum Gasteiger partial charge on any atom is -0.388 e. The maximum atomic E-state index is 6.40. The lowest BCUT2D eigenvalue weighted by Gasteiger charge is -2.43. The fraction of sp³-hybridized carbons (Fsp3) is 1.00. The van der Waals surface area contributed by atoms with Crippen LogP contribution in [-0.4, -0.2) is 32.5 Å². The molecule has 0 aromatic heterocycles. The highest BCUT2D eigenvalue weighted by Gasteiger charge is 2.54. The van der Waals surface area contributed by atoms with Crippen LogP contribution in [0.3, 0.4) is 0 Å². The predicted octanol–water partition coefficient (Wildman–Crippen LogP) is 2.83. The molecule has 18 heavy (non-hydrogen) atoms. The topological polar surface area (TPSA) is 53.7 Å². The maximum absolute atomic E-state index is 6.40. The molecule has 1 heterocycles. The van der Waals surface area contributed by atoms with E-state index in [0.29, 0.717) is 6.54 Å². The highest BCUT2D eigenvalue weighted by atomic mass is 28.4. The van der Waals surface area contributed by atoms with E-state index in [0.717, 1.165) is 0 Å². The first kappa shape index (κ1) is 16.1. The van der Waals surface area contributed by atoms with Gasteiger partial charge in [0.2, 0.25) is 0 Å². The first-order chi connectivity index (χ1) is 7.83. The molecule has 1 aliphatic rings. The van der Waals surface area contributed by atoms with Crippen molar-refractivity contribution in [3.63, 3.8) is 0 Å². The van der Waals surface area contributed by atoms with Gasteiger partial charge in [-0.05, 0) is 38.9 Å². The van der Waals surface area contributed by atoms with Crippen molar-refractivity contribution < 1.29 is 13.9 Å². The van der Waals surface area contributed by atoms with Crippen LogP contribution in [0.5, 0.6) is 0 Å². The lowest BCUT2D eigenvalue weighted by Crippen LogP contribution is -2.54. The summed E-state index contributed by atoms with van der Waals surface area (Å²) in [5, 5.41) is 0.130. The van der Waals surface area contributed by atoms with Gasteiger partial charge in [0, 0.05) is 6.54 Å². The van der Waals surface area contributed by atoms with Gasteiger partial charge in [-0.25, -0.2) is 0 Å². The summed E-state index contributed by atoms with van der Waals surface area (Å²) in [6, 6.07) is 0. The quantitative estimate of drug-likeness (QED) is 0.805. The van der Waals surface area contributed by atoms with Gasteiger partial charge in [-0.1, -0.05) is 20.8 Å². The summed E-state index contributed by atoms with van der Waals surface area (Å²) in [4.78, 5) is 0. The number of rotatable bonds is 3. The Morgan fingerprint density at radius 1 is 1.22 bits per heavy atom. The van der Waals surface area contributed by atoms with Crippen LogP contribution < -0.4 is 5.73 Å². The molecule has 0 bridgehead atoms. The Bertz CT molecular complexity index is 312. The second-order valence-corrected chi connectivity index (χ2v) is 11.9. The first-order valence-electron chi connectivity index (χ1n) is 6.61. The minimum atomic E-state index is -1.92. The zero-order valence-electron chi connectivity index (χ0n) is 13.1. The van der Waals surface area contributed by atoms with E-state index in [1.165, 1.54) is 0 Å². The van der Waals surface area contributed by atoms with E-state index >= 15 is 0 Å². The molecule has 0 radical (unpaired) electrons. The second-order valence-electron chi connectivity index (χ2n) is 7.22. The van der Waals surface area contributed by atoms with Gasteiger partial charge in [0.25, 0.3) is 0 Å². The average Bonchev–Trinajstić information content (AvgIpc) is 2.31. The molecule has 1 fully saturated rings. The summed E-state index contributed by atoms with van der Waals surface area (Å²) in [6.07, 6.45) is -0.221. The molecule has 2 unspecified atom stereocenters. The van der Waals surface area contributed by atoms with Gasteiger partial charge >= 0.3 is 0 Å². The van der Waals surface area contributed by atoms with Crippen LogP contribution in [0.2, 0.25) is 18.1 Å². The van der Waals surface area contributed by atoms with Crippen molar-refractivity contribution >= 4 is 8.32 Å². The second kappa shape index (κ2) is 4.56. The van der Waals surface area contributed by atoms with Gasteiger partial charge in [-0.3, -0.25) is 0 Å².